The molecule has 3 aromatic carbocycles. The predicted octanol–water partition coefficient (Wildman–Crippen LogP) is 5.16. The van der Waals surface area contributed by atoms with E-state index in [1.165, 1.54) is 0 Å². The van der Waals surface area contributed by atoms with E-state index in [-0.39, 0.29) is 5.91 Å². The molecule has 0 atom stereocenters. The van der Waals surface area contributed by atoms with Gasteiger partial charge in [0.1, 0.15) is 11.5 Å². The maximum Gasteiger partial charge on any atom is 0.282 e. The SMILES string of the molecule is COc1ccc(/C=C2/N=C(c3ccc(C)cc3)N(c3ccc(C)cc3)C2=O)cc1OC. The third kappa shape index (κ3) is 4.08. The molecule has 1 aliphatic heterocycles. The van der Waals surface area contributed by atoms with Crippen molar-refractivity contribution in [3.8, 4) is 11.5 Å². The number of aryl methyl sites for hydroxylation is 2. The van der Waals surface area contributed by atoms with Gasteiger partial charge in [-0.3, -0.25) is 9.69 Å². The Labute approximate surface area is 182 Å². The molecule has 5 nitrogen and oxygen atoms in total. The standard InChI is InChI=1S/C26H24N2O3/c1-17-5-10-20(11-6-17)25-27-22(15-19-9-14-23(30-3)24(16-19)31-4)26(29)28(25)21-12-7-18(2)8-13-21/h5-16H,1-4H3/b22-15+. The minimum absolute atomic E-state index is 0.172. The van der Waals surface area contributed by atoms with Gasteiger partial charge in [-0.15, -0.1) is 0 Å². The zero-order valence-electron chi connectivity index (χ0n) is 18.0. The van der Waals surface area contributed by atoms with Gasteiger partial charge < -0.3 is 9.47 Å². The number of hydrogen-bond acceptors (Lipinski definition) is 4. The number of aliphatic imine (C=N–C) groups is 1. The van der Waals surface area contributed by atoms with Crippen LogP contribution in [0.25, 0.3) is 6.08 Å². The molecular weight excluding hydrogens is 388 g/mol. The highest BCUT2D eigenvalue weighted by atomic mass is 16.5. The molecule has 0 radical (unpaired) electrons. The van der Waals surface area contributed by atoms with E-state index in [4.69, 9.17) is 14.5 Å². The van der Waals surface area contributed by atoms with Crippen molar-refractivity contribution in [3.05, 3.63) is 94.7 Å². The first-order valence-corrected chi connectivity index (χ1v) is 10.0. The van der Waals surface area contributed by atoms with Crippen LogP contribution in [-0.2, 0) is 4.79 Å². The number of amidine groups is 1. The Morgan fingerprint density at radius 3 is 2.03 bits per heavy atom. The van der Waals surface area contributed by atoms with Gasteiger partial charge in [-0.2, -0.15) is 0 Å². The van der Waals surface area contributed by atoms with Gasteiger partial charge in [0.2, 0.25) is 0 Å². The van der Waals surface area contributed by atoms with Crippen LogP contribution < -0.4 is 14.4 Å². The highest BCUT2D eigenvalue weighted by molar-refractivity contribution is 6.33. The highest BCUT2D eigenvalue weighted by Crippen LogP contribution is 2.31. The van der Waals surface area contributed by atoms with E-state index in [0.29, 0.717) is 23.0 Å². The van der Waals surface area contributed by atoms with Crippen LogP contribution in [0.15, 0.2) is 77.4 Å². The molecule has 1 amide bonds. The van der Waals surface area contributed by atoms with E-state index >= 15 is 0 Å². The first-order chi connectivity index (χ1) is 15.0. The third-order valence-electron chi connectivity index (χ3n) is 5.17. The molecule has 0 fully saturated rings. The lowest BCUT2D eigenvalue weighted by Gasteiger charge is -2.19. The van der Waals surface area contributed by atoms with Gasteiger partial charge in [0.15, 0.2) is 11.5 Å². The molecule has 156 valence electrons. The third-order valence-corrected chi connectivity index (χ3v) is 5.17. The predicted molar refractivity (Wildman–Crippen MR) is 124 cm³/mol. The number of amides is 1. The number of carbonyl (C=O) groups excluding carboxylic acids is 1. The van der Waals surface area contributed by atoms with Crippen LogP contribution in [0.5, 0.6) is 11.5 Å². The lowest BCUT2D eigenvalue weighted by molar-refractivity contribution is -0.113. The summed E-state index contributed by atoms with van der Waals surface area (Å²) in [7, 11) is 3.18. The lowest BCUT2D eigenvalue weighted by Crippen LogP contribution is -2.32. The Bertz CT molecular complexity index is 1180. The van der Waals surface area contributed by atoms with Gasteiger partial charge in [-0.1, -0.05) is 53.6 Å². The quantitative estimate of drug-likeness (QED) is 0.544. The van der Waals surface area contributed by atoms with Gasteiger partial charge in [-0.05, 0) is 49.8 Å². The zero-order valence-corrected chi connectivity index (χ0v) is 18.0. The van der Waals surface area contributed by atoms with Gasteiger partial charge in [-0.25, -0.2) is 4.99 Å². The molecule has 0 aliphatic carbocycles. The summed E-state index contributed by atoms with van der Waals surface area (Å²) < 4.78 is 10.7. The maximum absolute atomic E-state index is 13.4. The largest absolute Gasteiger partial charge is 0.493 e. The number of carbonyl (C=O) groups is 1. The van der Waals surface area contributed by atoms with E-state index < -0.39 is 0 Å². The fourth-order valence-corrected chi connectivity index (χ4v) is 3.45. The molecule has 0 spiro atoms. The van der Waals surface area contributed by atoms with Crippen LogP contribution in [-0.4, -0.2) is 26.0 Å². The number of ether oxygens (including phenoxy) is 2. The number of rotatable bonds is 5. The highest BCUT2D eigenvalue weighted by Gasteiger charge is 2.32. The molecule has 3 aromatic rings. The van der Waals surface area contributed by atoms with Crippen LogP contribution in [0.3, 0.4) is 0 Å². The summed E-state index contributed by atoms with van der Waals surface area (Å²) in [5, 5.41) is 0. The van der Waals surface area contributed by atoms with Crippen LogP contribution in [0, 0.1) is 13.8 Å². The van der Waals surface area contributed by atoms with Gasteiger partial charge >= 0.3 is 0 Å². The van der Waals surface area contributed by atoms with E-state index in [1.54, 1.807) is 25.2 Å². The molecular formula is C26H24N2O3. The van der Waals surface area contributed by atoms with Gasteiger partial charge in [0.05, 0.1) is 19.9 Å². The molecule has 1 aliphatic rings. The topological polar surface area (TPSA) is 51.1 Å². The first-order valence-electron chi connectivity index (χ1n) is 10.0. The van der Waals surface area contributed by atoms with E-state index in [0.717, 1.165) is 27.9 Å². The van der Waals surface area contributed by atoms with E-state index in [9.17, 15) is 4.79 Å². The summed E-state index contributed by atoms with van der Waals surface area (Å²) in [5.74, 6) is 1.67. The Hall–Kier alpha value is -3.86. The Morgan fingerprint density at radius 1 is 0.806 bits per heavy atom. The molecule has 5 heteroatoms. The van der Waals surface area contributed by atoms with Gasteiger partial charge in [0, 0.05) is 5.56 Å². The summed E-state index contributed by atoms with van der Waals surface area (Å²) in [6.45, 7) is 4.05. The molecule has 0 saturated heterocycles. The molecule has 0 saturated carbocycles. The summed E-state index contributed by atoms with van der Waals surface area (Å²) in [6.07, 6.45) is 1.77. The zero-order chi connectivity index (χ0) is 22.0. The summed E-state index contributed by atoms with van der Waals surface area (Å²) in [5.41, 5.74) is 5.12. The van der Waals surface area contributed by atoms with Crippen molar-refractivity contribution in [1.82, 2.24) is 0 Å². The summed E-state index contributed by atoms with van der Waals surface area (Å²) >= 11 is 0. The van der Waals surface area contributed by atoms with Crippen molar-refractivity contribution in [3.63, 3.8) is 0 Å². The van der Waals surface area contributed by atoms with E-state index in [1.807, 2.05) is 80.6 Å². The van der Waals surface area contributed by atoms with Crippen LogP contribution in [0.4, 0.5) is 5.69 Å². The van der Waals surface area contributed by atoms with Crippen molar-refractivity contribution in [2.24, 2.45) is 4.99 Å². The normalized spacial score (nSPS) is 14.7. The fraction of sp³-hybridized carbons (Fsp3) is 0.154. The monoisotopic (exact) mass is 412 g/mol. The first kappa shape index (κ1) is 20.4. The minimum atomic E-state index is -0.172. The molecule has 0 bridgehead atoms. The van der Waals surface area contributed by atoms with Crippen molar-refractivity contribution in [1.29, 1.82) is 0 Å². The molecule has 0 N–H and O–H groups in total. The molecule has 4 rings (SSSR count). The average molecular weight is 412 g/mol. The lowest BCUT2D eigenvalue weighted by atomic mass is 10.1. The number of methoxy groups -OCH3 is 2. The molecule has 31 heavy (non-hydrogen) atoms. The smallest absolute Gasteiger partial charge is 0.282 e. The number of anilines is 1. The second kappa shape index (κ2) is 8.48. The van der Waals surface area contributed by atoms with Crippen LogP contribution in [0.1, 0.15) is 22.3 Å². The Morgan fingerprint density at radius 2 is 1.42 bits per heavy atom. The van der Waals surface area contributed by atoms with Crippen molar-refractivity contribution < 1.29 is 14.3 Å². The number of benzene rings is 3. The Balaban J connectivity index is 1.80. The fourth-order valence-electron chi connectivity index (χ4n) is 3.45. The minimum Gasteiger partial charge on any atom is -0.493 e. The molecule has 1 heterocycles. The summed E-state index contributed by atoms with van der Waals surface area (Å²) in [4.78, 5) is 19.8. The number of hydrogen-bond donors (Lipinski definition) is 0. The van der Waals surface area contributed by atoms with Crippen molar-refractivity contribution >= 4 is 23.5 Å². The number of nitrogens with zero attached hydrogens (tertiary/aromatic N) is 2. The van der Waals surface area contributed by atoms with Crippen molar-refractivity contribution in [2.45, 2.75) is 13.8 Å². The molecule has 0 unspecified atom stereocenters. The maximum atomic E-state index is 13.4. The van der Waals surface area contributed by atoms with E-state index in [2.05, 4.69) is 0 Å². The second-order valence-corrected chi connectivity index (χ2v) is 7.42. The Kier molecular flexibility index (Phi) is 5.58. The summed E-state index contributed by atoms with van der Waals surface area (Å²) in [6, 6.07) is 21.4. The average Bonchev–Trinajstić information content (AvgIpc) is 3.10. The van der Waals surface area contributed by atoms with Crippen LogP contribution in [0.2, 0.25) is 0 Å². The molecule has 0 aromatic heterocycles. The second-order valence-electron chi connectivity index (χ2n) is 7.42. The van der Waals surface area contributed by atoms with Crippen molar-refractivity contribution in [2.75, 3.05) is 19.1 Å². The van der Waals surface area contributed by atoms with Gasteiger partial charge in [0.25, 0.3) is 5.91 Å². The van der Waals surface area contributed by atoms with Crippen LogP contribution >= 0.6 is 0 Å².